The molecule has 2 aromatic carbocycles. The van der Waals surface area contributed by atoms with Crippen molar-refractivity contribution in [2.75, 3.05) is 38.2 Å². The number of ether oxygens (including phenoxy) is 1. The Labute approximate surface area is 237 Å². The van der Waals surface area contributed by atoms with Crippen molar-refractivity contribution in [3.05, 3.63) is 78.2 Å². The molecule has 3 aliphatic rings. The van der Waals surface area contributed by atoms with E-state index in [1.165, 1.54) is 18.4 Å². The number of pyridine rings is 1. The number of aromatic amines is 1. The zero-order valence-electron chi connectivity index (χ0n) is 22.7. The summed E-state index contributed by atoms with van der Waals surface area (Å²) in [4.78, 5) is 25.6. The molecule has 0 radical (unpaired) electrons. The first-order valence-electron chi connectivity index (χ1n) is 14.2. The van der Waals surface area contributed by atoms with Crippen molar-refractivity contribution in [1.82, 2.24) is 24.6 Å². The van der Waals surface area contributed by atoms with Crippen LogP contribution >= 0.6 is 0 Å². The van der Waals surface area contributed by atoms with Crippen molar-refractivity contribution in [2.24, 2.45) is 0 Å². The Bertz CT molecular complexity index is 1810. The topological polar surface area (TPSA) is 99.5 Å². The van der Waals surface area contributed by atoms with Crippen LogP contribution in [-0.4, -0.2) is 69.0 Å². The summed E-state index contributed by atoms with van der Waals surface area (Å²) in [6, 6.07) is 15.8. The van der Waals surface area contributed by atoms with Crippen LogP contribution in [0, 0.1) is 0 Å². The Morgan fingerprint density at radius 3 is 2.76 bits per heavy atom. The first-order valence-corrected chi connectivity index (χ1v) is 14.2. The Hall–Kier alpha value is -4.63. The number of aromatic nitrogens is 4. The fraction of sp³-hybridized carbons (Fsp3) is 0.281. The Morgan fingerprint density at radius 1 is 1.05 bits per heavy atom. The third kappa shape index (κ3) is 4.07. The van der Waals surface area contributed by atoms with Crippen LogP contribution in [0.15, 0.2) is 67.1 Å². The molecule has 5 aromatic rings. The number of likely N-dealkylation sites (N-methyl/N-ethyl adjacent to an activating group) is 1. The number of nitrogens with zero attached hydrogens (tertiary/aromatic N) is 5. The van der Waals surface area contributed by atoms with E-state index in [-0.39, 0.29) is 11.7 Å². The summed E-state index contributed by atoms with van der Waals surface area (Å²) >= 11 is 0. The first kappa shape index (κ1) is 24.2. The zero-order valence-corrected chi connectivity index (χ0v) is 22.7. The van der Waals surface area contributed by atoms with E-state index < -0.39 is 0 Å². The summed E-state index contributed by atoms with van der Waals surface area (Å²) in [5.41, 5.74) is 6.30. The molecule has 1 aliphatic carbocycles. The molecule has 0 bridgehead atoms. The minimum atomic E-state index is -0.175. The van der Waals surface area contributed by atoms with Crippen LogP contribution < -0.4 is 9.64 Å². The number of H-pyrrole nitrogens is 1. The van der Waals surface area contributed by atoms with E-state index >= 15 is 0 Å². The zero-order chi connectivity index (χ0) is 27.7. The van der Waals surface area contributed by atoms with Gasteiger partial charge >= 0.3 is 0 Å². The van der Waals surface area contributed by atoms with Crippen molar-refractivity contribution in [1.29, 1.82) is 0 Å². The summed E-state index contributed by atoms with van der Waals surface area (Å²) in [7, 11) is 2.11. The van der Waals surface area contributed by atoms with Gasteiger partial charge in [0.2, 0.25) is 0 Å². The summed E-state index contributed by atoms with van der Waals surface area (Å²) in [6.45, 7) is 2.67. The van der Waals surface area contributed by atoms with Crippen LogP contribution in [0.3, 0.4) is 0 Å². The third-order valence-corrected chi connectivity index (χ3v) is 8.56. The number of phenols is 1. The minimum Gasteiger partial charge on any atom is -0.505 e. The maximum atomic E-state index is 13.7. The first-order chi connectivity index (χ1) is 20.0. The lowest BCUT2D eigenvalue weighted by Gasteiger charge is -2.36. The summed E-state index contributed by atoms with van der Waals surface area (Å²) in [6.07, 6.45) is 8.05. The van der Waals surface area contributed by atoms with E-state index in [9.17, 15) is 9.90 Å². The number of likely N-dealkylation sites (tertiary alicyclic amines) is 1. The van der Waals surface area contributed by atoms with Crippen LogP contribution in [0.5, 0.6) is 11.5 Å². The van der Waals surface area contributed by atoms with E-state index in [1.54, 1.807) is 17.2 Å². The Balaban J connectivity index is 1.14. The van der Waals surface area contributed by atoms with Crippen LogP contribution in [0.4, 0.5) is 5.69 Å². The van der Waals surface area contributed by atoms with E-state index in [0.29, 0.717) is 47.7 Å². The highest BCUT2D eigenvalue weighted by molar-refractivity contribution is 6.10. The number of hydrogen-bond acceptors (Lipinski definition) is 6. The number of rotatable bonds is 5. The SMILES string of the molecule is CN1CC(n2cc(-c3cc4c(-c5cccc(N6CCOc7cc(C8CC8)ccc7C6=O)c5O)ccnc4[nH]3)cn2)C1. The smallest absolute Gasteiger partial charge is 0.262 e. The van der Waals surface area contributed by atoms with Crippen molar-refractivity contribution in [3.63, 3.8) is 0 Å². The number of para-hydroxylation sites is 1. The minimum absolute atomic E-state index is 0.0519. The highest BCUT2D eigenvalue weighted by Gasteiger charge is 2.30. The van der Waals surface area contributed by atoms with Gasteiger partial charge in [0.1, 0.15) is 23.8 Å². The number of fused-ring (bicyclic) bond motifs is 2. The van der Waals surface area contributed by atoms with Crippen LogP contribution in [0.25, 0.3) is 33.4 Å². The lowest BCUT2D eigenvalue weighted by Crippen LogP contribution is -2.45. The second kappa shape index (κ2) is 9.21. The van der Waals surface area contributed by atoms with E-state index in [1.807, 2.05) is 47.3 Å². The molecule has 0 unspecified atom stereocenters. The van der Waals surface area contributed by atoms with Crippen molar-refractivity contribution < 1.29 is 14.6 Å². The third-order valence-electron chi connectivity index (χ3n) is 8.56. The van der Waals surface area contributed by atoms with Gasteiger partial charge in [-0.15, -0.1) is 0 Å². The van der Waals surface area contributed by atoms with Gasteiger partial charge < -0.3 is 24.6 Å². The predicted octanol–water partition coefficient (Wildman–Crippen LogP) is 5.20. The largest absolute Gasteiger partial charge is 0.505 e. The number of aromatic hydroxyl groups is 1. The molecule has 2 fully saturated rings. The number of phenolic OH excluding ortho intramolecular Hbond substituents is 1. The quantitative estimate of drug-likeness (QED) is 0.314. The van der Waals surface area contributed by atoms with Gasteiger partial charge in [0, 0.05) is 42.0 Å². The van der Waals surface area contributed by atoms with Gasteiger partial charge in [0.15, 0.2) is 0 Å². The average molecular weight is 547 g/mol. The molecule has 8 rings (SSSR count). The average Bonchev–Trinajstić information content (AvgIpc) is 3.58. The summed E-state index contributed by atoms with van der Waals surface area (Å²) in [5.74, 6) is 1.08. The number of amides is 1. The summed E-state index contributed by atoms with van der Waals surface area (Å²) in [5, 5.41) is 17.1. The lowest BCUT2D eigenvalue weighted by atomic mass is 10.0. The molecule has 41 heavy (non-hydrogen) atoms. The Morgan fingerprint density at radius 2 is 1.93 bits per heavy atom. The molecule has 5 heterocycles. The van der Waals surface area contributed by atoms with Crippen molar-refractivity contribution in [3.8, 4) is 33.9 Å². The number of carbonyl (C=O) groups is 1. The molecular formula is C32H30N6O3. The molecule has 9 nitrogen and oxygen atoms in total. The van der Waals surface area contributed by atoms with Gasteiger partial charge in [-0.1, -0.05) is 18.2 Å². The second-order valence-electron chi connectivity index (χ2n) is 11.4. The van der Waals surface area contributed by atoms with Gasteiger partial charge in [-0.05, 0) is 67.3 Å². The molecule has 1 saturated heterocycles. The number of benzene rings is 2. The molecule has 206 valence electrons. The molecule has 0 atom stereocenters. The molecule has 1 amide bonds. The second-order valence-corrected chi connectivity index (χ2v) is 11.4. The van der Waals surface area contributed by atoms with Crippen LogP contribution in [-0.2, 0) is 0 Å². The number of anilines is 1. The molecule has 3 aromatic heterocycles. The monoisotopic (exact) mass is 546 g/mol. The fourth-order valence-corrected chi connectivity index (χ4v) is 6.12. The van der Waals surface area contributed by atoms with Gasteiger partial charge in [-0.25, -0.2) is 4.98 Å². The normalized spacial score (nSPS) is 17.8. The maximum Gasteiger partial charge on any atom is 0.262 e. The highest BCUT2D eigenvalue weighted by atomic mass is 16.5. The molecule has 0 spiro atoms. The van der Waals surface area contributed by atoms with E-state index in [0.717, 1.165) is 40.9 Å². The van der Waals surface area contributed by atoms with Crippen molar-refractivity contribution in [2.45, 2.75) is 24.8 Å². The molecule has 9 heteroatoms. The molecule has 2 N–H and O–H groups in total. The highest BCUT2D eigenvalue weighted by Crippen LogP contribution is 2.44. The van der Waals surface area contributed by atoms with Crippen LogP contribution in [0.1, 0.15) is 40.7 Å². The number of carbonyl (C=O) groups excluding carboxylic acids is 1. The number of hydrogen-bond donors (Lipinski definition) is 2. The molecule has 2 aliphatic heterocycles. The van der Waals surface area contributed by atoms with Crippen molar-refractivity contribution >= 4 is 22.6 Å². The number of nitrogens with one attached hydrogen (secondary N) is 1. The predicted molar refractivity (Wildman–Crippen MR) is 157 cm³/mol. The molecular weight excluding hydrogens is 516 g/mol. The van der Waals surface area contributed by atoms with E-state index in [4.69, 9.17) is 4.74 Å². The van der Waals surface area contributed by atoms with Crippen LogP contribution in [0.2, 0.25) is 0 Å². The van der Waals surface area contributed by atoms with Gasteiger partial charge in [0.05, 0.1) is 35.7 Å². The van der Waals surface area contributed by atoms with Gasteiger partial charge in [0.25, 0.3) is 5.91 Å². The fourth-order valence-electron chi connectivity index (χ4n) is 6.12. The Kier molecular flexibility index (Phi) is 5.43. The standard InChI is InChI=1S/C32H30N6O3/c1-36-17-22(18-36)38-16-21(15-34-38)27-14-26-23(9-10-33-31(26)35-27)24-3-2-4-28(30(24)39)37-11-12-41-29-13-20(19-5-6-19)7-8-25(29)32(37)40/h2-4,7-10,13-16,19,22,39H,5-6,11-12,17-18H2,1H3,(H,33,35). The van der Waals surface area contributed by atoms with Gasteiger partial charge in [-0.3, -0.25) is 9.48 Å². The maximum absolute atomic E-state index is 13.7. The van der Waals surface area contributed by atoms with E-state index in [2.05, 4.69) is 39.3 Å². The summed E-state index contributed by atoms with van der Waals surface area (Å²) < 4.78 is 8.04. The van der Waals surface area contributed by atoms with Gasteiger partial charge in [-0.2, -0.15) is 5.10 Å². The molecule has 1 saturated carbocycles. The lowest BCUT2D eigenvalue weighted by molar-refractivity contribution is 0.0989.